The van der Waals surface area contributed by atoms with E-state index in [9.17, 15) is 14.4 Å². The van der Waals surface area contributed by atoms with Crippen molar-refractivity contribution in [3.8, 4) is 0 Å². The molecule has 25 heavy (non-hydrogen) atoms. The number of amides is 2. The van der Waals surface area contributed by atoms with Crippen molar-refractivity contribution in [3.63, 3.8) is 0 Å². The third-order valence-corrected chi connectivity index (χ3v) is 4.15. The van der Waals surface area contributed by atoms with Crippen molar-refractivity contribution in [2.45, 2.75) is 33.2 Å². The van der Waals surface area contributed by atoms with Crippen LogP contribution in [-0.2, 0) is 16.1 Å². The molecule has 1 fully saturated rings. The number of likely N-dealkylation sites (tertiary alicyclic amines) is 1. The fourth-order valence-corrected chi connectivity index (χ4v) is 2.81. The second-order valence-corrected chi connectivity index (χ2v) is 6.56. The molecule has 1 aromatic rings. The van der Waals surface area contributed by atoms with Crippen molar-refractivity contribution in [3.05, 3.63) is 47.0 Å². The first-order chi connectivity index (χ1) is 11.9. The van der Waals surface area contributed by atoms with Gasteiger partial charge in [0.05, 0.1) is 5.92 Å². The van der Waals surface area contributed by atoms with Gasteiger partial charge >= 0.3 is 5.97 Å². The van der Waals surface area contributed by atoms with E-state index in [1.807, 2.05) is 13.8 Å². The smallest absolute Gasteiger partial charge is 0.308 e. The van der Waals surface area contributed by atoms with Crippen molar-refractivity contribution in [2.24, 2.45) is 5.92 Å². The minimum absolute atomic E-state index is 0.145. The summed E-state index contributed by atoms with van der Waals surface area (Å²) >= 11 is 0. The number of piperidine rings is 1. The number of allylic oxidation sites excluding steroid dienone is 1. The van der Waals surface area contributed by atoms with Crippen molar-refractivity contribution < 1.29 is 19.5 Å². The molecular formula is C19H24N2O4. The summed E-state index contributed by atoms with van der Waals surface area (Å²) in [5.74, 6) is -1.62. The van der Waals surface area contributed by atoms with E-state index in [-0.39, 0.29) is 18.4 Å². The molecule has 0 saturated carbocycles. The fraction of sp³-hybridized carbons (Fsp3) is 0.421. The zero-order valence-electron chi connectivity index (χ0n) is 14.6. The molecule has 6 heteroatoms. The number of carbonyl (C=O) groups excluding carboxylic acids is 2. The van der Waals surface area contributed by atoms with Gasteiger partial charge in [-0.05, 0) is 44.4 Å². The molecule has 6 nitrogen and oxygen atoms in total. The normalized spacial score (nSPS) is 16.9. The Kier molecular flexibility index (Phi) is 6.33. The maximum Gasteiger partial charge on any atom is 0.308 e. The lowest BCUT2D eigenvalue weighted by Gasteiger charge is -2.30. The summed E-state index contributed by atoms with van der Waals surface area (Å²) in [6.45, 7) is 4.95. The number of carboxylic acid groups (broad SMARTS) is 1. The van der Waals surface area contributed by atoms with Crippen LogP contribution in [-0.4, -0.2) is 40.9 Å². The van der Waals surface area contributed by atoms with Gasteiger partial charge in [-0.25, -0.2) is 0 Å². The number of nitrogens with one attached hydrogen (secondary N) is 1. The van der Waals surface area contributed by atoms with E-state index in [1.54, 1.807) is 29.2 Å². The third-order valence-electron chi connectivity index (χ3n) is 4.15. The molecule has 134 valence electrons. The Bertz CT molecular complexity index is 675. The fourth-order valence-electron chi connectivity index (χ4n) is 2.81. The van der Waals surface area contributed by atoms with E-state index in [1.165, 1.54) is 6.08 Å². The minimum Gasteiger partial charge on any atom is -0.481 e. The molecule has 1 aromatic carbocycles. The molecule has 2 N–H and O–H groups in total. The van der Waals surface area contributed by atoms with Crippen LogP contribution in [0.3, 0.4) is 0 Å². The van der Waals surface area contributed by atoms with Crippen molar-refractivity contribution >= 4 is 17.8 Å². The first-order valence-electron chi connectivity index (χ1n) is 8.40. The van der Waals surface area contributed by atoms with E-state index in [0.29, 0.717) is 31.5 Å². The predicted octanol–water partition coefficient (Wildman–Crippen LogP) is 2.21. The van der Waals surface area contributed by atoms with E-state index < -0.39 is 11.9 Å². The highest BCUT2D eigenvalue weighted by molar-refractivity contribution is 5.94. The molecule has 1 aliphatic rings. The van der Waals surface area contributed by atoms with Gasteiger partial charge in [0.1, 0.15) is 0 Å². The lowest BCUT2D eigenvalue weighted by molar-refractivity contribution is -0.143. The Morgan fingerprint density at radius 2 is 1.92 bits per heavy atom. The molecular weight excluding hydrogens is 320 g/mol. The van der Waals surface area contributed by atoms with Crippen LogP contribution in [0, 0.1) is 5.92 Å². The second-order valence-electron chi connectivity index (χ2n) is 6.56. The van der Waals surface area contributed by atoms with Gasteiger partial charge in [0, 0.05) is 31.3 Å². The zero-order chi connectivity index (χ0) is 18.4. The van der Waals surface area contributed by atoms with Gasteiger partial charge in [-0.2, -0.15) is 0 Å². The molecule has 0 aromatic heterocycles. The van der Waals surface area contributed by atoms with Crippen LogP contribution in [0.15, 0.2) is 35.9 Å². The summed E-state index contributed by atoms with van der Waals surface area (Å²) in [6, 6.07) is 7.04. The molecule has 0 spiro atoms. The van der Waals surface area contributed by atoms with Crippen LogP contribution in [0.1, 0.15) is 42.6 Å². The maximum absolute atomic E-state index is 12.5. The molecule has 1 heterocycles. The van der Waals surface area contributed by atoms with Gasteiger partial charge in [0.15, 0.2) is 0 Å². The van der Waals surface area contributed by atoms with Gasteiger partial charge < -0.3 is 15.3 Å². The number of hydrogen-bond donors (Lipinski definition) is 2. The first kappa shape index (κ1) is 18.7. The molecule has 1 atom stereocenters. The number of carbonyl (C=O) groups is 3. The number of benzene rings is 1. The van der Waals surface area contributed by atoms with Crippen molar-refractivity contribution in [2.75, 3.05) is 13.1 Å². The quantitative estimate of drug-likeness (QED) is 0.802. The molecule has 2 amide bonds. The molecule has 0 radical (unpaired) electrons. The first-order valence-corrected chi connectivity index (χ1v) is 8.40. The molecule has 0 aliphatic carbocycles. The van der Waals surface area contributed by atoms with E-state index in [0.717, 1.165) is 11.1 Å². The Balaban J connectivity index is 1.95. The Hall–Kier alpha value is -2.63. The van der Waals surface area contributed by atoms with Gasteiger partial charge in [-0.3, -0.25) is 14.4 Å². The Labute approximate surface area is 147 Å². The monoisotopic (exact) mass is 344 g/mol. The Morgan fingerprint density at radius 1 is 1.24 bits per heavy atom. The summed E-state index contributed by atoms with van der Waals surface area (Å²) < 4.78 is 0. The van der Waals surface area contributed by atoms with Gasteiger partial charge in [0.2, 0.25) is 5.91 Å². The molecule has 2 rings (SSSR count). The highest BCUT2D eigenvalue weighted by Crippen LogP contribution is 2.19. The predicted molar refractivity (Wildman–Crippen MR) is 94.0 cm³/mol. The highest BCUT2D eigenvalue weighted by atomic mass is 16.4. The van der Waals surface area contributed by atoms with E-state index in [4.69, 9.17) is 5.11 Å². The average Bonchev–Trinajstić information content (AvgIpc) is 2.59. The van der Waals surface area contributed by atoms with Crippen LogP contribution in [0.2, 0.25) is 0 Å². The lowest BCUT2D eigenvalue weighted by atomic mass is 9.97. The number of aliphatic carboxylic acids is 1. The lowest BCUT2D eigenvalue weighted by Crippen LogP contribution is -2.42. The number of carboxylic acids is 1. The number of rotatable bonds is 5. The summed E-state index contributed by atoms with van der Waals surface area (Å²) in [5, 5.41) is 11.9. The summed E-state index contributed by atoms with van der Waals surface area (Å²) in [4.78, 5) is 36.8. The molecule has 0 bridgehead atoms. The maximum atomic E-state index is 12.5. The van der Waals surface area contributed by atoms with Crippen molar-refractivity contribution in [1.29, 1.82) is 0 Å². The van der Waals surface area contributed by atoms with Crippen LogP contribution in [0.4, 0.5) is 0 Å². The summed E-state index contributed by atoms with van der Waals surface area (Å²) in [5.41, 5.74) is 2.36. The highest BCUT2D eigenvalue weighted by Gasteiger charge is 2.28. The standard InChI is InChI=1S/C19H24N2O4/c1-13(2)10-17(22)20-11-14-5-7-15(8-6-14)18(23)21-9-3-4-16(12-21)19(24)25/h5-8,10,16H,3-4,9,11-12H2,1-2H3,(H,20,22)(H,24,25). The van der Waals surface area contributed by atoms with Crippen LogP contribution in [0.5, 0.6) is 0 Å². The number of hydrogen-bond acceptors (Lipinski definition) is 3. The van der Waals surface area contributed by atoms with Crippen LogP contribution in [0.25, 0.3) is 0 Å². The minimum atomic E-state index is -0.847. The Morgan fingerprint density at radius 3 is 2.52 bits per heavy atom. The summed E-state index contributed by atoms with van der Waals surface area (Å²) in [6.07, 6.45) is 2.85. The van der Waals surface area contributed by atoms with E-state index in [2.05, 4.69) is 5.32 Å². The van der Waals surface area contributed by atoms with Crippen molar-refractivity contribution in [1.82, 2.24) is 10.2 Å². The van der Waals surface area contributed by atoms with Gasteiger partial charge in [-0.1, -0.05) is 17.7 Å². The molecule has 1 saturated heterocycles. The molecule has 1 aliphatic heterocycles. The van der Waals surface area contributed by atoms with Gasteiger partial charge in [0.25, 0.3) is 5.91 Å². The van der Waals surface area contributed by atoms with Crippen LogP contribution < -0.4 is 5.32 Å². The second kappa shape index (κ2) is 8.46. The van der Waals surface area contributed by atoms with E-state index >= 15 is 0 Å². The topological polar surface area (TPSA) is 86.7 Å². The molecule has 1 unspecified atom stereocenters. The SMILES string of the molecule is CC(C)=CC(=O)NCc1ccc(C(=O)N2CCCC(C(=O)O)C2)cc1. The average molecular weight is 344 g/mol. The summed E-state index contributed by atoms with van der Waals surface area (Å²) in [7, 11) is 0. The van der Waals surface area contributed by atoms with Crippen LogP contribution >= 0.6 is 0 Å². The number of nitrogens with zero attached hydrogens (tertiary/aromatic N) is 1. The third kappa shape index (κ3) is 5.45. The largest absolute Gasteiger partial charge is 0.481 e. The zero-order valence-corrected chi connectivity index (χ0v) is 14.6. The van der Waals surface area contributed by atoms with Gasteiger partial charge in [-0.15, -0.1) is 0 Å².